The highest BCUT2D eigenvalue weighted by Crippen LogP contribution is 2.23. The molecule has 0 aliphatic heterocycles. The smallest absolute Gasteiger partial charge is 0.0233 e. The first-order valence-corrected chi connectivity index (χ1v) is 6.16. The second-order valence-electron chi connectivity index (χ2n) is 5.13. The summed E-state index contributed by atoms with van der Waals surface area (Å²) in [4.78, 5) is 2.44. The average Bonchev–Trinajstić information content (AvgIpc) is 2.68. The van der Waals surface area contributed by atoms with Crippen molar-refractivity contribution in [3.8, 4) is 0 Å². The topological polar surface area (TPSA) is 29.3 Å². The Labute approximate surface area is 98.4 Å². The van der Waals surface area contributed by atoms with Gasteiger partial charge in [-0.05, 0) is 38.8 Å². The Kier molecular flexibility index (Phi) is 3.62. The van der Waals surface area contributed by atoms with Crippen molar-refractivity contribution in [3.05, 3.63) is 35.4 Å². The van der Waals surface area contributed by atoms with E-state index in [1.807, 2.05) is 0 Å². The summed E-state index contributed by atoms with van der Waals surface area (Å²) in [5.74, 6) is 0. The van der Waals surface area contributed by atoms with E-state index in [-0.39, 0.29) is 0 Å². The third-order valence-electron chi connectivity index (χ3n) is 3.62. The molecule has 2 heteroatoms. The first-order chi connectivity index (χ1) is 7.65. The monoisotopic (exact) mass is 218 g/mol. The summed E-state index contributed by atoms with van der Waals surface area (Å²) in [7, 11) is 2.21. The summed E-state index contributed by atoms with van der Waals surface area (Å²) in [5.41, 5.74) is 8.67. The molecule has 2 N–H and O–H groups in total. The summed E-state index contributed by atoms with van der Waals surface area (Å²) in [5, 5.41) is 0. The van der Waals surface area contributed by atoms with Gasteiger partial charge in [-0.15, -0.1) is 0 Å². The molecule has 2 nitrogen and oxygen atoms in total. The third-order valence-corrected chi connectivity index (χ3v) is 3.62. The van der Waals surface area contributed by atoms with Crippen molar-refractivity contribution in [2.24, 2.45) is 5.73 Å². The largest absolute Gasteiger partial charge is 0.328 e. The molecule has 1 aromatic rings. The van der Waals surface area contributed by atoms with Crippen LogP contribution in [0.1, 0.15) is 30.4 Å². The number of rotatable bonds is 3. The van der Waals surface area contributed by atoms with E-state index in [1.54, 1.807) is 0 Å². The van der Waals surface area contributed by atoms with Crippen molar-refractivity contribution < 1.29 is 0 Å². The molecule has 0 aromatic heterocycles. The molecule has 16 heavy (non-hydrogen) atoms. The minimum atomic E-state index is 0.422. The van der Waals surface area contributed by atoms with Crippen molar-refractivity contribution >= 4 is 0 Å². The zero-order valence-corrected chi connectivity index (χ0v) is 10.3. The van der Waals surface area contributed by atoms with Gasteiger partial charge in [-0.1, -0.05) is 29.8 Å². The Balaban J connectivity index is 1.91. The number of nitrogens with two attached hydrogens (primary N) is 1. The molecule has 0 radical (unpaired) electrons. The van der Waals surface area contributed by atoms with E-state index in [2.05, 4.69) is 43.1 Å². The molecule has 2 atom stereocenters. The number of aryl methyl sites for hydroxylation is 1. The SMILES string of the molecule is Cc1ccc(CN(C)C2CCC(N)C2)cc1. The number of hydrogen-bond acceptors (Lipinski definition) is 2. The van der Waals surface area contributed by atoms with Gasteiger partial charge < -0.3 is 5.73 Å². The van der Waals surface area contributed by atoms with Crippen LogP contribution in [-0.4, -0.2) is 24.0 Å². The van der Waals surface area contributed by atoms with E-state index in [0.717, 1.165) is 13.0 Å². The third kappa shape index (κ3) is 2.83. The molecule has 0 spiro atoms. The molecule has 1 fully saturated rings. The average molecular weight is 218 g/mol. The molecule has 0 saturated heterocycles. The van der Waals surface area contributed by atoms with Gasteiger partial charge in [0.2, 0.25) is 0 Å². The summed E-state index contributed by atoms with van der Waals surface area (Å²) in [6, 6.07) is 9.91. The van der Waals surface area contributed by atoms with E-state index in [1.165, 1.54) is 24.0 Å². The quantitative estimate of drug-likeness (QED) is 0.843. The minimum absolute atomic E-state index is 0.422. The molecular formula is C14H22N2. The molecule has 2 rings (SSSR count). The lowest BCUT2D eigenvalue weighted by molar-refractivity contribution is 0.235. The molecule has 2 unspecified atom stereocenters. The van der Waals surface area contributed by atoms with Gasteiger partial charge in [-0.25, -0.2) is 0 Å². The summed E-state index contributed by atoms with van der Waals surface area (Å²) < 4.78 is 0. The number of benzene rings is 1. The van der Waals surface area contributed by atoms with Crippen molar-refractivity contribution in [1.82, 2.24) is 4.90 Å². The van der Waals surface area contributed by atoms with Crippen molar-refractivity contribution in [2.45, 2.75) is 44.8 Å². The molecule has 0 bridgehead atoms. The Hall–Kier alpha value is -0.860. The molecular weight excluding hydrogens is 196 g/mol. The first-order valence-electron chi connectivity index (χ1n) is 6.16. The second kappa shape index (κ2) is 4.98. The predicted octanol–water partition coefficient (Wildman–Crippen LogP) is 2.31. The van der Waals surface area contributed by atoms with Crippen molar-refractivity contribution in [1.29, 1.82) is 0 Å². The fraction of sp³-hybridized carbons (Fsp3) is 0.571. The van der Waals surface area contributed by atoms with Gasteiger partial charge in [-0.3, -0.25) is 4.90 Å². The zero-order chi connectivity index (χ0) is 11.5. The maximum atomic E-state index is 5.95. The molecule has 0 heterocycles. The highest BCUT2D eigenvalue weighted by molar-refractivity contribution is 5.21. The van der Waals surface area contributed by atoms with Crippen LogP contribution in [0.3, 0.4) is 0 Å². The maximum absolute atomic E-state index is 5.95. The van der Waals surface area contributed by atoms with Crippen LogP contribution >= 0.6 is 0 Å². The normalized spacial score (nSPS) is 25.2. The van der Waals surface area contributed by atoms with Crippen LogP contribution in [0.4, 0.5) is 0 Å². The van der Waals surface area contributed by atoms with Gasteiger partial charge >= 0.3 is 0 Å². The van der Waals surface area contributed by atoms with Gasteiger partial charge in [0, 0.05) is 18.6 Å². The van der Waals surface area contributed by atoms with E-state index in [9.17, 15) is 0 Å². The van der Waals surface area contributed by atoms with E-state index >= 15 is 0 Å². The van der Waals surface area contributed by atoms with E-state index in [4.69, 9.17) is 5.73 Å². The van der Waals surface area contributed by atoms with Gasteiger partial charge in [0.15, 0.2) is 0 Å². The summed E-state index contributed by atoms with van der Waals surface area (Å²) in [6.45, 7) is 3.17. The molecule has 88 valence electrons. The Bertz CT molecular complexity index is 331. The maximum Gasteiger partial charge on any atom is 0.0233 e. The van der Waals surface area contributed by atoms with Crippen LogP contribution in [0.25, 0.3) is 0 Å². The Morgan fingerprint density at radius 1 is 1.25 bits per heavy atom. The van der Waals surface area contributed by atoms with Gasteiger partial charge in [0.05, 0.1) is 0 Å². The molecule has 1 aliphatic carbocycles. The van der Waals surface area contributed by atoms with Crippen molar-refractivity contribution in [3.63, 3.8) is 0 Å². The van der Waals surface area contributed by atoms with E-state index in [0.29, 0.717) is 12.1 Å². The van der Waals surface area contributed by atoms with Crippen LogP contribution in [0.2, 0.25) is 0 Å². The van der Waals surface area contributed by atoms with Crippen LogP contribution in [-0.2, 0) is 6.54 Å². The highest BCUT2D eigenvalue weighted by atomic mass is 15.1. The fourth-order valence-electron chi connectivity index (χ4n) is 2.50. The minimum Gasteiger partial charge on any atom is -0.328 e. The fourth-order valence-corrected chi connectivity index (χ4v) is 2.50. The Morgan fingerprint density at radius 2 is 1.94 bits per heavy atom. The highest BCUT2D eigenvalue weighted by Gasteiger charge is 2.24. The van der Waals surface area contributed by atoms with Gasteiger partial charge in [0.1, 0.15) is 0 Å². The van der Waals surface area contributed by atoms with Crippen LogP contribution in [0.5, 0.6) is 0 Å². The van der Waals surface area contributed by atoms with Gasteiger partial charge in [0.25, 0.3) is 0 Å². The lowest BCUT2D eigenvalue weighted by Crippen LogP contribution is -2.30. The zero-order valence-electron chi connectivity index (χ0n) is 10.3. The lowest BCUT2D eigenvalue weighted by atomic mass is 10.1. The van der Waals surface area contributed by atoms with E-state index < -0.39 is 0 Å². The number of nitrogens with zero attached hydrogens (tertiary/aromatic N) is 1. The molecule has 0 amide bonds. The van der Waals surface area contributed by atoms with Crippen LogP contribution in [0, 0.1) is 6.92 Å². The van der Waals surface area contributed by atoms with Crippen LogP contribution < -0.4 is 5.73 Å². The van der Waals surface area contributed by atoms with Crippen molar-refractivity contribution in [2.75, 3.05) is 7.05 Å². The Morgan fingerprint density at radius 3 is 2.50 bits per heavy atom. The van der Waals surface area contributed by atoms with Crippen LogP contribution in [0.15, 0.2) is 24.3 Å². The standard InChI is InChI=1S/C14H22N2/c1-11-3-5-12(6-4-11)10-16(2)14-8-7-13(15)9-14/h3-6,13-14H,7-10,15H2,1-2H3. The molecule has 1 aromatic carbocycles. The molecule has 1 aliphatic rings. The molecule has 1 saturated carbocycles. The number of hydrogen-bond donors (Lipinski definition) is 1. The van der Waals surface area contributed by atoms with Gasteiger partial charge in [-0.2, -0.15) is 0 Å². The summed E-state index contributed by atoms with van der Waals surface area (Å²) >= 11 is 0. The first kappa shape index (κ1) is 11.6. The lowest BCUT2D eigenvalue weighted by Gasteiger charge is -2.24. The second-order valence-corrected chi connectivity index (χ2v) is 5.13. The predicted molar refractivity (Wildman–Crippen MR) is 68.3 cm³/mol. The summed E-state index contributed by atoms with van der Waals surface area (Å²) in [6.07, 6.45) is 3.59.